The summed E-state index contributed by atoms with van der Waals surface area (Å²) in [7, 11) is -3.91. The van der Waals surface area contributed by atoms with Crippen LogP contribution in [-0.2, 0) is 14.8 Å². The van der Waals surface area contributed by atoms with Gasteiger partial charge in [0.15, 0.2) is 0 Å². The third-order valence-corrected chi connectivity index (χ3v) is 6.73. The quantitative estimate of drug-likeness (QED) is 0.838. The number of hydrogen-bond acceptors (Lipinski definition) is 4. The average Bonchev–Trinajstić information content (AvgIpc) is 2.55. The fourth-order valence-corrected chi connectivity index (χ4v) is 5.26. The van der Waals surface area contributed by atoms with E-state index in [0.717, 1.165) is 6.42 Å². The molecule has 1 unspecified atom stereocenters. The van der Waals surface area contributed by atoms with Crippen LogP contribution in [0.4, 0.5) is 4.39 Å². The van der Waals surface area contributed by atoms with Crippen molar-refractivity contribution in [3.8, 4) is 0 Å². The van der Waals surface area contributed by atoms with Gasteiger partial charge in [0, 0.05) is 32.2 Å². The maximum Gasteiger partial charge on any atom is 0.246 e. The van der Waals surface area contributed by atoms with Crippen molar-refractivity contribution in [3.05, 3.63) is 29.6 Å². The van der Waals surface area contributed by atoms with Gasteiger partial charge >= 0.3 is 0 Å². The number of amides is 1. The fraction of sp³-hybridized carbons (Fsp3) is 0.562. The molecular weight excluding hydrogens is 369 g/mol. The van der Waals surface area contributed by atoms with Gasteiger partial charge in [-0.3, -0.25) is 4.79 Å². The Balaban J connectivity index is 0.00000225. The van der Waals surface area contributed by atoms with Crippen molar-refractivity contribution in [2.75, 3.05) is 32.7 Å². The molecule has 0 radical (unpaired) electrons. The van der Waals surface area contributed by atoms with Gasteiger partial charge in [0.2, 0.25) is 15.9 Å². The highest BCUT2D eigenvalue weighted by atomic mass is 35.5. The van der Waals surface area contributed by atoms with Gasteiger partial charge in [-0.05, 0) is 31.4 Å². The largest absolute Gasteiger partial charge is 0.336 e. The lowest BCUT2D eigenvalue weighted by Gasteiger charge is -2.40. The van der Waals surface area contributed by atoms with Crippen LogP contribution in [0.2, 0.25) is 0 Å². The number of piperazine rings is 1. The van der Waals surface area contributed by atoms with Crippen LogP contribution in [0.5, 0.6) is 0 Å². The number of nitrogens with zero attached hydrogens (tertiary/aromatic N) is 2. The van der Waals surface area contributed by atoms with Gasteiger partial charge < -0.3 is 10.2 Å². The van der Waals surface area contributed by atoms with Gasteiger partial charge in [-0.15, -0.1) is 12.4 Å². The van der Waals surface area contributed by atoms with E-state index in [9.17, 15) is 17.6 Å². The molecule has 1 aromatic rings. The maximum absolute atomic E-state index is 14.1. The lowest BCUT2D eigenvalue weighted by molar-refractivity contribution is -0.135. The van der Waals surface area contributed by atoms with Crippen LogP contribution in [0, 0.1) is 12.7 Å². The number of nitrogens with one attached hydrogen (secondary N) is 1. The zero-order valence-corrected chi connectivity index (χ0v) is 15.7. The minimum atomic E-state index is -3.91. The molecule has 0 saturated carbocycles. The zero-order valence-electron chi connectivity index (χ0n) is 14.1. The Labute approximate surface area is 153 Å². The van der Waals surface area contributed by atoms with Crippen molar-refractivity contribution in [1.82, 2.24) is 14.5 Å². The van der Waals surface area contributed by atoms with E-state index >= 15 is 0 Å². The third-order valence-electron chi connectivity index (χ3n) is 4.69. The Morgan fingerprint density at radius 1 is 1.28 bits per heavy atom. The molecular formula is C16H23ClFN3O3S. The highest BCUT2D eigenvalue weighted by Crippen LogP contribution is 2.27. The minimum absolute atomic E-state index is 0. The van der Waals surface area contributed by atoms with Crippen LogP contribution in [0.25, 0.3) is 0 Å². The predicted molar refractivity (Wildman–Crippen MR) is 94.7 cm³/mol. The molecule has 0 spiro atoms. The topological polar surface area (TPSA) is 69.7 Å². The first-order chi connectivity index (χ1) is 11.4. The SMILES string of the molecule is Cc1cccc(F)c1S(=O)(=O)N1CCCC(N2CCNCC2=O)C1.Cl. The number of carbonyl (C=O) groups is 1. The second-order valence-corrected chi connectivity index (χ2v) is 8.18. The van der Waals surface area contributed by atoms with Gasteiger partial charge in [0.25, 0.3) is 0 Å². The molecule has 140 valence electrons. The molecule has 2 heterocycles. The van der Waals surface area contributed by atoms with E-state index in [4.69, 9.17) is 0 Å². The molecule has 1 amide bonds. The van der Waals surface area contributed by atoms with Gasteiger partial charge in [-0.2, -0.15) is 4.31 Å². The number of sulfonamides is 1. The number of rotatable bonds is 3. The minimum Gasteiger partial charge on any atom is -0.336 e. The Morgan fingerprint density at radius 3 is 2.72 bits per heavy atom. The fourth-order valence-electron chi connectivity index (χ4n) is 3.47. The molecule has 3 rings (SSSR count). The summed E-state index contributed by atoms with van der Waals surface area (Å²) >= 11 is 0. The van der Waals surface area contributed by atoms with E-state index in [-0.39, 0.29) is 42.3 Å². The molecule has 1 N–H and O–H groups in total. The summed E-state index contributed by atoms with van der Waals surface area (Å²) in [5.74, 6) is -0.733. The molecule has 6 nitrogen and oxygen atoms in total. The molecule has 2 aliphatic rings. The van der Waals surface area contributed by atoms with E-state index in [1.807, 2.05) is 0 Å². The summed E-state index contributed by atoms with van der Waals surface area (Å²) in [6.07, 6.45) is 1.43. The Bertz CT molecular complexity index is 724. The molecule has 25 heavy (non-hydrogen) atoms. The van der Waals surface area contributed by atoms with E-state index in [1.54, 1.807) is 17.9 Å². The number of hydrogen-bond donors (Lipinski definition) is 1. The van der Waals surface area contributed by atoms with Crippen LogP contribution in [-0.4, -0.2) is 62.3 Å². The van der Waals surface area contributed by atoms with E-state index in [0.29, 0.717) is 31.6 Å². The van der Waals surface area contributed by atoms with Gasteiger partial charge in [-0.25, -0.2) is 12.8 Å². The number of carbonyl (C=O) groups excluding carboxylic acids is 1. The first kappa shape index (κ1) is 20.1. The van der Waals surface area contributed by atoms with Gasteiger partial charge in [0.05, 0.1) is 6.54 Å². The Hall–Kier alpha value is -1.22. The van der Waals surface area contributed by atoms with Crippen molar-refractivity contribution in [2.24, 2.45) is 0 Å². The summed E-state index contributed by atoms with van der Waals surface area (Å²) in [6.45, 7) is 3.75. The lowest BCUT2D eigenvalue weighted by Crippen LogP contribution is -2.57. The summed E-state index contributed by atoms with van der Waals surface area (Å²) < 4.78 is 41.3. The smallest absolute Gasteiger partial charge is 0.246 e. The third kappa shape index (κ3) is 3.97. The van der Waals surface area contributed by atoms with Crippen LogP contribution < -0.4 is 5.32 Å². The molecule has 0 aliphatic carbocycles. The normalized spacial score (nSPS) is 22.6. The second-order valence-electron chi connectivity index (χ2n) is 6.31. The standard InChI is InChI=1S/C16H22FN3O3S.ClH/c1-12-4-2-6-14(17)16(12)24(22,23)19-8-3-5-13(11-19)20-9-7-18-10-15(20)21;/h2,4,6,13,18H,3,5,7-11H2,1H3;1H. The molecule has 2 fully saturated rings. The van der Waals surface area contributed by atoms with E-state index in [1.165, 1.54) is 16.4 Å². The summed E-state index contributed by atoms with van der Waals surface area (Å²) in [5.41, 5.74) is 0.398. The zero-order chi connectivity index (χ0) is 17.3. The summed E-state index contributed by atoms with van der Waals surface area (Å²) in [4.78, 5) is 13.6. The summed E-state index contributed by atoms with van der Waals surface area (Å²) in [5, 5.41) is 3.01. The first-order valence-corrected chi connectivity index (χ1v) is 9.60. The molecule has 2 saturated heterocycles. The number of aryl methyl sites for hydroxylation is 1. The molecule has 9 heteroatoms. The molecule has 1 atom stereocenters. The monoisotopic (exact) mass is 391 g/mol. The number of piperidine rings is 1. The van der Waals surface area contributed by atoms with Crippen molar-refractivity contribution in [2.45, 2.75) is 30.7 Å². The molecule has 2 aliphatic heterocycles. The predicted octanol–water partition coefficient (Wildman–Crippen LogP) is 1.14. The average molecular weight is 392 g/mol. The molecule has 0 bridgehead atoms. The van der Waals surface area contributed by atoms with E-state index in [2.05, 4.69) is 5.32 Å². The van der Waals surface area contributed by atoms with Crippen molar-refractivity contribution >= 4 is 28.3 Å². The van der Waals surface area contributed by atoms with Crippen molar-refractivity contribution < 1.29 is 17.6 Å². The van der Waals surface area contributed by atoms with Crippen molar-refractivity contribution in [1.29, 1.82) is 0 Å². The number of halogens is 2. The van der Waals surface area contributed by atoms with Gasteiger partial charge in [-0.1, -0.05) is 12.1 Å². The Morgan fingerprint density at radius 2 is 2.04 bits per heavy atom. The van der Waals surface area contributed by atoms with Crippen LogP contribution in [0.1, 0.15) is 18.4 Å². The highest BCUT2D eigenvalue weighted by Gasteiger charge is 2.36. The van der Waals surface area contributed by atoms with Gasteiger partial charge in [0.1, 0.15) is 10.7 Å². The molecule has 0 aromatic heterocycles. The summed E-state index contributed by atoms with van der Waals surface area (Å²) in [6, 6.07) is 4.12. The van der Waals surface area contributed by atoms with E-state index < -0.39 is 15.8 Å². The van der Waals surface area contributed by atoms with Crippen LogP contribution in [0.3, 0.4) is 0 Å². The van der Waals surface area contributed by atoms with Crippen LogP contribution >= 0.6 is 12.4 Å². The van der Waals surface area contributed by atoms with Crippen LogP contribution in [0.15, 0.2) is 23.1 Å². The first-order valence-electron chi connectivity index (χ1n) is 8.16. The Kier molecular flexibility index (Phi) is 6.42. The number of benzene rings is 1. The second kappa shape index (κ2) is 7.99. The molecule has 1 aromatic carbocycles. The lowest BCUT2D eigenvalue weighted by atomic mass is 10.1. The van der Waals surface area contributed by atoms with Crippen molar-refractivity contribution in [3.63, 3.8) is 0 Å². The maximum atomic E-state index is 14.1. The highest BCUT2D eigenvalue weighted by molar-refractivity contribution is 7.89.